The summed E-state index contributed by atoms with van der Waals surface area (Å²) in [6.45, 7) is 0. The monoisotopic (exact) mass is 320 g/mol. The van der Waals surface area contributed by atoms with Crippen LogP contribution in [0.25, 0.3) is 43.4 Å². The Morgan fingerprint density at radius 2 is 1.00 bits per heavy atom. The molecule has 0 spiro atoms. The Kier molecular flexibility index (Phi) is 3.01. The van der Waals surface area contributed by atoms with E-state index in [4.69, 9.17) is 0 Å². The molecule has 0 aliphatic rings. The van der Waals surface area contributed by atoms with Gasteiger partial charge in [-0.25, -0.2) is 0 Å². The van der Waals surface area contributed by atoms with Crippen LogP contribution in [0, 0.1) is 0 Å². The van der Waals surface area contributed by atoms with E-state index in [9.17, 15) is 5.11 Å². The van der Waals surface area contributed by atoms with Gasteiger partial charge in [0.25, 0.3) is 0 Å². The molecule has 25 heavy (non-hydrogen) atoms. The number of phenolic OH excluding ortho intramolecular Hbond substituents is 1. The molecule has 5 aromatic rings. The zero-order valence-electron chi connectivity index (χ0n) is 13.6. The summed E-state index contributed by atoms with van der Waals surface area (Å²) in [5, 5.41) is 17.2. The first-order valence-corrected chi connectivity index (χ1v) is 8.44. The van der Waals surface area contributed by atoms with Crippen LogP contribution < -0.4 is 0 Å². The fraction of sp³-hybridized carbons (Fsp3) is 0. The molecule has 0 atom stereocenters. The van der Waals surface area contributed by atoms with Crippen molar-refractivity contribution in [2.75, 3.05) is 0 Å². The average Bonchev–Trinajstić information content (AvgIpc) is 2.67. The van der Waals surface area contributed by atoms with E-state index in [0.717, 1.165) is 16.3 Å². The Morgan fingerprint density at radius 3 is 1.84 bits per heavy atom. The molecule has 0 fully saturated rings. The number of phenols is 1. The Labute approximate surface area is 145 Å². The topological polar surface area (TPSA) is 20.2 Å². The van der Waals surface area contributed by atoms with Gasteiger partial charge in [0, 0.05) is 5.39 Å². The van der Waals surface area contributed by atoms with E-state index >= 15 is 0 Å². The molecule has 5 aromatic carbocycles. The second-order valence-corrected chi connectivity index (χ2v) is 6.37. The summed E-state index contributed by atoms with van der Waals surface area (Å²) in [7, 11) is 0. The van der Waals surface area contributed by atoms with E-state index in [0.29, 0.717) is 5.75 Å². The summed E-state index contributed by atoms with van der Waals surface area (Å²) in [5.41, 5.74) is 2.34. The normalized spacial score (nSPS) is 11.4. The maximum absolute atomic E-state index is 10.2. The van der Waals surface area contributed by atoms with Crippen molar-refractivity contribution in [3.63, 3.8) is 0 Å². The van der Waals surface area contributed by atoms with Gasteiger partial charge in [-0.05, 0) is 44.1 Å². The van der Waals surface area contributed by atoms with E-state index < -0.39 is 0 Å². The molecule has 0 aliphatic heterocycles. The second-order valence-electron chi connectivity index (χ2n) is 6.37. The number of hydrogen-bond donors (Lipinski definition) is 1. The van der Waals surface area contributed by atoms with Crippen LogP contribution in [0.5, 0.6) is 5.75 Å². The minimum absolute atomic E-state index is 0.324. The van der Waals surface area contributed by atoms with Crippen molar-refractivity contribution in [2.24, 2.45) is 0 Å². The Bertz CT molecular complexity index is 1250. The zero-order valence-corrected chi connectivity index (χ0v) is 13.6. The van der Waals surface area contributed by atoms with Gasteiger partial charge in [0.15, 0.2) is 0 Å². The zero-order chi connectivity index (χ0) is 16.8. The Hall–Kier alpha value is -3.32. The summed E-state index contributed by atoms with van der Waals surface area (Å²) in [4.78, 5) is 0. The summed E-state index contributed by atoms with van der Waals surface area (Å²) >= 11 is 0. The van der Waals surface area contributed by atoms with Crippen LogP contribution in [0.15, 0.2) is 91.0 Å². The molecule has 118 valence electrons. The average molecular weight is 320 g/mol. The van der Waals surface area contributed by atoms with Crippen molar-refractivity contribution in [3.05, 3.63) is 91.0 Å². The van der Waals surface area contributed by atoms with Crippen LogP contribution in [0.1, 0.15) is 0 Å². The van der Waals surface area contributed by atoms with E-state index in [1.54, 1.807) is 6.07 Å². The van der Waals surface area contributed by atoms with Crippen molar-refractivity contribution in [1.82, 2.24) is 0 Å². The van der Waals surface area contributed by atoms with Gasteiger partial charge in [-0.15, -0.1) is 0 Å². The number of aromatic hydroxyl groups is 1. The highest BCUT2D eigenvalue weighted by Gasteiger charge is 2.10. The molecule has 0 aliphatic carbocycles. The van der Waals surface area contributed by atoms with Crippen LogP contribution in [-0.2, 0) is 0 Å². The van der Waals surface area contributed by atoms with Gasteiger partial charge in [0.05, 0.1) is 0 Å². The molecule has 0 bridgehead atoms. The summed E-state index contributed by atoms with van der Waals surface area (Å²) in [6.07, 6.45) is 0. The Morgan fingerprint density at radius 1 is 0.400 bits per heavy atom. The predicted molar refractivity (Wildman–Crippen MR) is 106 cm³/mol. The lowest BCUT2D eigenvalue weighted by atomic mass is 9.92. The van der Waals surface area contributed by atoms with Crippen LogP contribution in [0.3, 0.4) is 0 Å². The lowest BCUT2D eigenvalue weighted by Crippen LogP contribution is -1.85. The van der Waals surface area contributed by atoms with Crippen molar-refractivity contribution in [1.29, 1.82) is 0 Å². The fourth-order valence-corrected chi connectivity index (χ4v) is 3.80. The van der Waals surface area contributed by atoms with Crippen LogP contribution in [-0.4, -0.2) is 5.11 Å². The van der Waals surface area contributed by atoms with Crippen molar-refractivity contribution >= 4 is 32.3 Å². The standard InChI is InChI=1S/C24H16O/c25-24-13-5-11-21-19(10-4-12-23(21)24)20-9-3-8-18-17-7-2-1-6-16(17)14-15-22(18)20/h1-15,25H. The van der Waals surface area contributed by atoms with Crippen molar-refractivity contribution < 1.29 is 5.11 Å². The third kappa shape index (κ3) is 2.10. The molecule has 0 saturated heterocycles. The fourth-order valence-electron chi connectivity index (χ4n) is 3.80. The molecule has 0 amide bonds. The van der Waals surface area contributed by atoms with Gasteiger partial charge in [-0.1, -0.05) is 84.9 Å². The summed E-state index contributed by atoms with van der Waals surface area (Å²) < 4.78 is 0. The summed E-state index contributed by atoms with van der Waals surface area (Å²) in [5.74, 6) is 0.324. The second kappa shape index (κ2) is 5.35. The van der Waals surface area contributed by atoms with Crippen LogP contribution in [0.2, 0.25) is 0 Å². The van der Waals surface area contributed by atoms with E-state index in [-0.39, 0.29) is 0 Å². The molecule has 0 radical (unpaired) electrons. The molecule has 0 unspecified atom stereocenters. The van der Waals surface area contributed by atoms with Crippen LogP contribution >= 0.6 is 0 Å². The largest absolute Gasteiger partial charge is 0.507 e. The lowest BCUT2D eigenvalue weighted by Gasteiger charge is -2.12. The first-order valence-electron chi connectivity index (χ1n) is 8.44. The minimum Gasteiger partial charge on any atom is -0.507 e. The molecular weight excluding hydrogens is 304 g/mol. The first-order chi connectivity index (χ1) is 12.3. The maximum atomic E-state index is 10.2. The van der Waals surface area contributed by atoms with Gasteiger partial charge in [0.2, 0.25) is 0 Å². The molecule has 5 rings (SSSR count). The smallest absolute Gasteiger partial charge is 0.123 e. The van der Waals surface area contributed by atoms with Crippen LogP contribution in [0.4, 0.5) is 0 Å². The van der Waals surface area contributed by atoms with E-state index in [2.05, 4.69) is 66.7 Å². The molecule has 1 nitrogen and oxygen atoms in total. The molecule has 0 heterocycles. The highest BCUT2D eigenvalue weighted by atomic mass is 16.3. The highest BCUT2D eigenvalue weighted by molar-refractivity contribution is 6.14. The third-order valence-electron chi connectivity index (χ3n) is 4.98. The minimum atomic E-state index is 0.324. The highest BCUT2D eigenvalue weighted by Crippen LogP contribution is 2.38. The van der Waals surface area contributed by atoms with Crippen molar-refractivity contribution in [3.8, 4) is 16.9 Å². The SMILES string of the molecule is Oc1cccc2c(-c3cccc4c3ccc3ccccc34)cccc12. The van der Waals surface area contributed by atoms with Gasteiger partial charge < -0.3 is 5.11 Å². The third-order valence-corrected chi connectivity index (χ3v) is 4.98. The quantitative estimate of drug-likeness (QED) is 0.349. The van der Waals surface area contributed by atoms with Gasteiger partial charge in [0.1, 0.15) is 5.75 Å². The number of hydrogen-bond acceptors (Lipinski definition) is 1. The molecule has 1 heteroatoms. The van der Waals surface area contributed by atoms with Gasteiger partial charge >= 0.3 is 0 Å². The molecular formula is C24H16O. The van der Waals surface area contributed by atoms with Crippen molar-refractivity contribution in [2.45, 2.75) is 0 Å². The maximum Gasteiger partial charge on any atom is 0.123 e. The van der Waals surface area contributed by atoms with Gasteiger partial charge in [-0.2, -0.15) is 0 Å². The van der Waals surface area contributed by atoms with E-state index in [1.807, 2.05) is 18.2 Å². The first kappa shape index (κ1) is 14.1. The number of benzene rings is 5. The summed E-state index contributed by atoms with van der Waals surface area (Å²) in [6, 6.07) is 31.2. The lowest BCUT2D eigenvalue weighted by molar-refractivity contribution is 0.481. The predicted octanol–water partition coefficient (Wildman–Crippen LogP) is 6.52. The number of fused-ring (bicyclic) bond motifs is 4. The van der Waals surface area contributed by atoms with E-state index in [1.165, 1.54) is 27.1 Å². The molecule has 0 saturated carbocycles. The molecule has 0 aromatic heterocycles. The number of rotatable bonds is 1. The van der Waals surface area contributed by atoms with Gasteiger partial charge in [-0.3, -0.25) is 0 Å². The Balaban J connectivity index is 1.91. The molecule has 1 N–H and O–H groups in total.